The lowest BCUT2D eigenvalue weighted by Crippen LogP contribution is -2.53. The summed E-state index contributed by atoms with van der Waals surface area (Å²) in [5.74, 6) is -3.27. The SMILES string of the molecule is C.C1=CCC=CC1.CC(C)C[C@@H](C(=O)N[C@H]1N=C(c2ccccc2)c2ccccc2N(C)C1=O)C1(C(N)=O)CC=CC1.CC(C)C[C@@H](C(=O)N[C@H]1N=C(c2ccccc2)c2ccccc2N(C)C1=O)C1(C(N)=O)CCCC1. The average molecular weight is 1040 g/mol. The van der Waals surface area contributed by atoms with Gasteiger partial charge >= 0.3 is 0 Å². The van der Waals surface area contributed by atoms with Gasteiger partial charge in [-0.2, -0.15) is 0 Å². The maximum Gasteiger partial charge on any atom is 0.272 e. The second-order valence-corrected chi connectivity index (χ2v) is 21.2. The van der Waals surface area contributed by atoms with Crippen molar-refractivity contribution in [2.45, 2.75) is 112 Å². The summed E-state index contributed by atoms with van der Waals surface area (Å²) < 4.78 is 0. The van der Waals surface area contributed by atoms with E-state index in [-0.39, 0.29) is 42.9 Å². The van der Waals surface area contributed by atoms with Crippen LogP contribution in [-0.4, -0.2) is 73.3 Å². The number of nitrogens with zero attached hydrogens (tertiary/aromatic N) is 4. The number of hydrogen-bond acceptors (Lipinski definition) is 8. The monoisotopic (exact) mass is 1040 g/mol. The van der Waals surface area contributed by atoms with Crippen molar-refractivity contribution in [3.05, 3.63) is 168 Å². The second-order valence-electron chi connectivity index (χ2n) is 21.2. The zero-order valence-corrected chi connectivity index (χ0v) is 44.8. The van der Waals surface area contributed by atoms with E-state index in [1.165, 1.54) is 9.80 Å². The standard InChI is InChI=1S/C28H34N4O3.C28H32N4O3.C6H8.CH4/c2*1-18(2)17-21(28(27(29)35)15-9-10-16-28)25(33)31-24-26(34)32(3)22-14-8-7-13-20(22)23(30-24)19-11-5-4-6-12-19;1-2-4-6-5-3-1;/h4-8,11-14,18,21,24H,9-10,15-17H2,1-3H3,(H2,29,35)(H,31,33);4-14,18,21,24H,15-17H2,1-3H3,(H2,29,35)(H,31,33);1-2,5-6H,3-4H2;1H4/t2*21-,24+;;/m00../s1. The first-order valence-electron chi connectivity index (χ1n) is 26.6. The van der Waals surface area contributed by atoms with Crippen LogP contribution >= 0.6 is 0 Å². The fraction of sp³-hybridized carbons (Fsp3) is 0.397. The Morgan fingerprint density at radius 1 is 0.545 bits per heavy atom. The minimum Gasteiger partial charge on any atom is -0.369 e. The fourth-order valence-electron chi connectivity index (χ4n) is 11.1. The molecule has 3 aliphatic carbocycles. The first-order chi connectivity index (χ1) is 36.5. The summed E-state index contributed by atoms with van der Waals surface area (Å²) >= 11 is 0. The number of allylic oxidation sites excluding steroid dienone is 6. The molecular weight excluding hydrogens is 965 g/mol. The molecule has 406 valence electrons. The molecule has 0 bridgehead atoms. The first-order valence-corrected chi connectivity index (χ1v) is 26.6. The predicted octanol–water partition coefficient (Wildman–Crippen LogP) is 9.61. The van der Waals surface area contributed by atoms with Gasteiger partial charge in [-0.1, -0.05) is 181 Å². The Hall–Kier alpha value is -7.74. The van der Waals surface area contributed by atoms with Crippen LogP contribution < -0.4 is 31.9 Å². The van der Waals surface area contributed by atoms with Gasteiger partial charge in [0.25, 0.3) is 11.8 Å². The van der Waals surface area contributed by atoms with Gasteiger partial charge in [-0.3, -0.25) is 28.8 Å². The highest BCUT2D eigenvalue weighted by Crippen LogP contribution is 2.47. The van der Waals surface area contributed by atoms with Gasteiger partial charge in [0.1, 0.15) is 0 Å². The van der Waals surface area contributed by atoms with Crippen molar-refractivity contribution in [1.82, 2.24) is 10.6 Å². The van der Waals surface area contributed by atoms with Crippen molar-refractivity contribution >= 4 is 58.2 Å². The Balaban J connectivity index is 0.000000222. The number of likely N-dealkylation sites (N-methyl/N-ethyl adjacent to an activating group) is 2. The first kappa shape index (κ1) is 58.5. The largest absolute Gasteiger partial charge is 0.369 e. The van der Waals surface area contributed by atoms with Gasteiger partial charge in [0, 0.05) is 36.3 Å². The Morgan fingerprint density at radius 2 is 0.896 bits per heavy atom. The van der Waals surface area contributed by atoms with E-state index in [1.807, 2.05) is 149 Å². The lowest BCUT2D eigenvalue weighted by atomic mass is 9.69. The molecule has 6 amide bonds. The number of primary amides is 2. The van der Waals surface area contributed by atoms with Crippen molar-refractivity contribution in [1.29, 1.82) is 0 Å². The summed E-state index contributed by atoms with van der Waals surface area (Å²) in [5, 5.41) is 5.79. The normalized spacial score (nSPS) is 19.5. The summed E-state index contributed by atoms with van der Waals surface area (Å²) in [4.78, 5) is 92.4. The van der Waals surface area contributed by atoms with Crippen LogP contribution in [0.15, 0.2) is 156 Å². The third-order valence-electron chi connectivity index (χ3n) is 15.2. The maximum absolute atomic E-state index is 13.8. The number of anilines is 2. The van der Waals surface area contributed by atoms with Crippen molar-refractivity contribution in [3.8, 4) is 0 Å². The smallest absolute Gasteiger partial charge is 0.272 e. The van der Waals surface area contributed by atoms with E-state index in [9.17, 15) is 28.8 Å². The van der Waals surface area contributed by atoms with Gasteiger partial charge in [0.05, 0.1) is 45.5 Å². The molecule has 5 aliphatic rings. The highest BCUT2D eigenvalue weighted by atomic mass is 16.2. The van der Waals surface area contributed by atoms with E-state index >= 15 is 0 Å². The van der Waals surface area contributed by atoms with Crippen molar-refractivity contribution < 1.29 is 28.8 Å². The third-order valence-corrected chi connectivity index (χ3v) is 15.2. The molecule has 0 unspecified atom stereocenters. The lowest BCUT2D eigenvalue weighted by molar-refractivity contribution is -0.142. The number of carbonyl (C=O) groups is 6. The molecule has 6 N–H and O–H groups in total. The van der Waals surface area contributed by atoms with Gasteiger partial charge < -0.3 is 31.9 Å². The van der Waals surface area contributed by atoms with Crippen LogP contribution in [0.2, 0.25) is 0 Å². The molecule has 77 heavy (non-hydrogen) atoms. The molecule has 14 heteroatoms. The molecule has 4 atom stereocenters. The summed E-state index contributed by atoms with van der Waals surface area (Å²) in [5.41, 5.74) is 15.9. The van der Waals surface area contributed by atoms with E-state index < -0.39 is 46.8 Å². The molecule has 2 aliphatic heterocycles. The molecule has 1 saturated carbocycles. The minimum atomic E-state index is -1.14. The molecule has 0 saturated heterocycles. The average Bonchev–Trinajstić information content (AvgIpc) is 4.12. The second kappa shape index (κ2) is 26.3. The zero-order chi connectivity index (χ0) is 54.6. The van der Waals surface area contributed by atoms with Gasteiger partial charge in [-0.05, 0) is 75.3 Å². The van der Waals surface area contributed by atoms with E-state index in [2.05, 4.69) is 34.9 Å². The molecule has 4 aromatic carbocycles. The predicted molar refractivity (Wildman–Crippen MR) is 308 cm³/mol. The van der Waals surface area contributed by atoms with Crippen LogP contribution in [0, 0.1) is 34.5 Å². The van der Waals surface area contributed by atoms with Crippen molar-refractivity contribution in [2.24, 2.45) is 56.0 Å². The van der Waals surface area contributed by atoms with E-state index in [0.717, 1.165) is 53.6 Å². The minimum absolute atomic E-state index is 0. The topological polar surface area (TPSA) is 210 Å². The highest BCUT2D eigenvalue weighted by Gasteiger charge is 2.51. The van der Waals surface area contributed by atoms with Crippen molar-refractivity contribution in [3.63, 3.8) is 0 Å². The molecule has 0 spiro atoms. The Kier molecular flexibility index (Phi) is 20.0. The molecule has 4 aromatic rings. The van der Waals surface area contributed by atoms with Gasteiger partial charge in [-0.25, -0.2) is 9.98 Å². The quantitative estimate of drug-likeness (QED) is 0.0903. The van der Waals surface area contributed by atoms with E-state index in [4.69, 9.17) is 21.5 Å². The third kappa shape index (κ3) is 13.3. The number of benzodiazepines with no additional fused rings is 2. The molecular formula is C63H78N8O6. The molecule has 0 aromatic heterocycles. The number of benzene rings is 4. The van der Waals surface area contributed by atoms with Crippen LogP contribution in [0.3, 0.4) is 0 Å². The highest BCUT2D eigenvalue weighted by molar-refractivity contribution is 6.21. The summed E-state index contributed by atoms with van der Waals surface area (Å²) in [7, 11) is 3.37. The molecule has 14 nitrogen and oxygen atoms in total. The molecule has 1 fully saturated rings. The number of hydrogen-bond donors (Lipinski definition) is 4. The summed E-state index contributed by atoms with van der Waals surface area (Å²) in [6.45, 7) is 8.06. The number of nitrogens with two attached hydrogens (primary N) is 2. The number of carbonyl (C=O) groups excluding carboxylic acids is 6. The van der Waals surface area contributed by atoms with Crippen LogP contribution in [0.25, 0.3) is 0 Å². The molecule has 0 radical (unpaired) electrons. The van der Waals surface area contributed by atoms with Gasteiger partial charge in [-0.15, -0.1) is 0 Å². The number of aliphatic imine (C=N–C) groups is 2. The number of rotatable bonds is 14. The number of fused-ring (bicyclic) bond motifs is 2. The van der Waals surface area contributed by atoms with E-state index in [0.29, 0.717) is 55.6 Å². The number of nitrogens with one attached hydrogen (secondary N) is 2. The number of amides is 6. The Morgan fingerprint density at radius 3 is 1.25 bits per heavy atom. The lowest BCUT2D eigenvalue weighted by Gasteiger charge is -2.35. The van der Waals surface area contributed by atoms with Crippen LogP contribution in [0.5, 0.6) is 0 Å². The Labute approximate surface area is 455 Å². The van der Waals surface area contributed by atoms with Crippen molar-refractivity contribution in [2.75, 3.05) is 23.9 Å². The van der Waals surface area contributed by atoms with Crippen LogP contribution in [-0.2, 0) is 28.8 Å². The molecule has 9 rings (SSSR count). The molecule has 2 heterocycles. The zero-order valence-electron chi connectivity index (χ0n) is 44.8. The summed E-state index contributed by atoms with van der Waals surface area (Å²) in [6.07, 6.45) is 17.3. The van der Waals surface area contributed by atoms with Gasteiger partial charge in [0.15, 0.2) is 0 Å². The van der Waals surface area contributed by atoms with Gasteiger partial charge in [0.2, 0.25) is 36.0 Å². The van der Waals surface area contributed by atoms with E-state index in [1.54, 1.807) is 14.1 Å². The van der Waals surface area contributed by atoms with Crippen LogP contribution in [0.4, 0.5) is 11.4 Å². The van der Waals surface area contributed by atoms with Crippen LogP contribution in [0.1, 0.15) is 122 Å². The maximum atomic E-state index is 13.8. The fourth-order valence-corrected chi connectivity index (χ4v) is 11.1. The Bertz CT molecular complexity index is 2710. The summed E-state index contributed by atoms with van der Waals surface area (Å²) in [6, 6.07) is 34.4. The number of para-hydroxylation sites is 2.